The van der Waals surface area contributed by atoms with E-state index in [-0.39, 0.29) is 11.9 Å². The first-order valence-corrected chi connectivity index (χ1v) is 10.8. The highest BCUT2D eigenvalue weighted by molar-refractivity contribution is 5.81. The number of hydrogen-bond acceptors (Lipinski definition) is 5. The average Bonchev–Trinajstić information content (AvgIpc) is 3.03. The van der Waals surface area contributed by atoms with Crippen molar-refractivity contribution in [3.63, 3.8) is 0 Å². The Morgan fingerprint density at radius 2 is 1.79 bits per heavy atom. The molecule has 2 heterocycles. The molecule has 1 saturated heterocycles. The van der Waals surface area contributed by atoms with Crippen molar-refractivity contribution in [2.45, 2.75) is 64.1 Å². The van der Waals surface area contributed by atoms with Crippen molar-refractivity contribution < 1.29 is 14.3 Å². The van der Waals surface area contributed by atoms with Gasteiger partial charge in [0.25, 0.3) is 0 Å². The molecule has 1 amide bonds. The highest BCUT2D eigenvalue weighted by Gasteiger charge is 2.27. The lowest BCUT2D eigenvalue weighted by Crippen LogP contribution is -2.54. The molecular formula is C22H33N3O3. The fourth-order valence-electron chi connectivity index (χ4n) is 4.52. The molecule has 6 heteroatoms. The van der Waals surface area contributed by atoms with E-state index in [0.29, 0.717) is 12.8 Å². The molecule has 4 rings (SSSR count). The fraction of sp³-hybridized carbons (Fsp3) is 0.682. The number of hydrogen-bond donors (Lipinski definition) is 1. The molecule has 1 saturated carbocycles. The summed E-state index contributed by atoms with van der Waals surface area (Å²) in [6, 6.07) is 6.52. The lowest BCUT2D eigenvalue weighted by molar-refractivity contribution is -0.127. The maximum absolute atomic E-state index is 12.7. The lowest BCUT2D eigenvalue weighted by atomic mass is 10.1. The van der Waals surface area contributed by atoms with Crippen LogP contribution in [-0.4, -0.2) is 60.8 Å². The molecule has 1 atom stereocenters. The summed E-state index contributed by atoms with van der Waals surface area (Å²) in [5.41, 5.74) is 1.25. The standard InChI is InChI=1S/C22H33N3O3/c1-17(22(26)23-19-6-4-2-3-5-7-19)25-12-10-24(11-13-25)15-18-8-9-20-21(14-18)28-16-27-20/h8-9,14,17,19H,2-7,10-13,15-16H2,1H3,(H,23,26)/t17-/m0/s1. The van der Waals surface area contributed by atoms with Crippen molar-refractivity contribution in [2.75, 3.05) is 33.0 Å². The Labute approximate surface area is 168 Å². The molecule has 2 aliphatic heterocycles. The molecule has 0 radical (unpaired) electrons. The van der Waals surface area contributed by atoms with Gasteiger partial charge in [0.1, 0.15) is 0 Å². The van der Waals surface area contributed by atoms with Crippen molar-refractivity contribution >= 4 is 5.91 Å². The Hall–Kier alpha value is -1.79. The van der Waals surface area contributed by atoms with Gasteiger partial charge < -0.3 is 14.8 Å². The number of nitrogens with zero attached hydrogens (tertiary/aromatic N) is 2. The molecule has 0 bridgehead atoms. The molecule has 0 unspecified atom stereocenters. The van der Waals surface area contributed by atoms with Crippen LogP contribution in [0.4, 0.5) is 0 Å². The van der Waals surface area contributed by atoms with E-state index in [9.17, 15) is 4.79 Å². The average molecular weight is 388 g/mol. The zero-order valence-corrected chi connectivity index (χ0v) is 17.0. The Kier molecular flexibility index (Phi) is 6.37. The van der Waals surface area contributed by atoms with E-state index in [1.54, 1.807) is 0 Å². The van der Waals surface area contributed by atoms with Gasteiger partial charge in [0.15, 0.2) is 11.5 Å². The van der Waals surface area contributed by atoms with E-state index in [0.717, 1.165) is 57.1 Å². The number of rotatable bonds is 5. The van der Waals surface area contributed by atoms with Crippen LogP contribution < -0.4 is 14.8 Å². The molecule has 2 fully saturated rings. The second-order valence-corrected chi connectivity index (χ2v) is 8.37. The van der Waals surface area contributed by atoms with E-state index in [1.165, 1.54) is 31.2 Å². The van der Waals surface area contributed by atoms with Crippen molar-refractivity contribution in [3.8, 4) is 11.5 Å². The number of piperazine rings is 1. The van der Waals surface area contributed by atoms with E-state index in [2.05, 4.69) is 34.2 Å². The first-order valence-electron chi connectivity index (χ1n) is 10.8. The van der Waals surface area contributed by atoms with Crippen LogP contribution in [0.1, 0.15) is 51.0 Å². The maximum Gasteiger partial charge on any atom is 0.237 e. The lowest BCUT2D eigenvalue weighted by Gasteiger charge is -2.37. The van der Waals surface area contributed by atoms with E-state index in [4.69, 9.17) is 9.47 Å². The SMILES string of the molecule is C[C@@H](C(=O)NC1CCCCCC1)N1CCN(Cc2ccc3c(c2)OCO3)CC1. The predicted molar refractivity (Wildman–Crippen MR) is 109 cm³/mol. The van der Waals surface area contributed by atoms with Gasteiger partial charge in [-0.05, 0) is 37.5 Å². The van der Waals surface area contributed by atoms with Crippen LogP contribution in [0, 0.1) is 0 Å². The van der Waals surface area contributed by atoms with Gasteiger partial charge in [-0.1, -0.05) is 31.7 Å². The summed E-state index contributed by atoms with van der Waals surface area (Å²) in [4.78, 5) is 17.5. The Morgan fingerprint density at radius 3 is 2.54 bits per heavy atom. The van der Waals surface area contributed by atoms with Crippen molar-refractivity contribution in [2.24, 2.45) is 0 Å². The summed E-state index contributed by atoms with van der Waals surface area (Å²) in [5, 5.41) is 3.31. The minimum absolute atomic E-state index is 0.0454. The van der Waals surface area contributed by atoms with Crippen LogP contribution in [0.25, 0.3) is 0 Å². The number of ether oxygens (including phenoxy) is 2. The highest BCUT2D eigenvalue weighted by atomic mass is 16.7. The number of fused-ring (bicyclic) bond motifs is 1. The third-order valence-corrected chi connectivity index (χ3v) is 6.38. The molecule has 1 N–H and O–H groups in total. The summed E-state index contributed by atoms with van der Waals surface area (Å²) in [7, 11) is 0. The van der Waals surface area contributed by atoms with Gasteiger partial charge in [0.2, 0.25) is 12.7 Å². The monoisotopic (exact) mass is 387 g/mol. The van der Waals surface area contributed by atoms with E-state index >= 15 is 0 Å². The second-order valence-electron chi connectivity index (χ2n) is 8.37. The summed E-state index contributed by atoms with van der Waals surface area (Å²) in [5.74, 6) is 1.89. The van der Waals surface area contributed by atoms with Crippen LogP contribution in [0.3, 0.4) is 0 Å². The molecule has 3 aliphatic rings. The first kappa shape index (κ1) is 19.5. The maximum atomic E-state index is 12.7. The number of benzene rings is 1. The van der Waals surface area contributed by atoms with Gasteiger partial charge in [0, 0.05) is 38.8 Å². The number of carbonyl (C=O) groups excluding carboxylic acids is 1. The second kappa shape index (κ2) is 9.14. The molecule has 6 nitrogen and oxygen atoms in total. The number of nitrogens with one attached hydrogen (secondary N) is 1. The zero-order valence-electron chi connectivity index (χ0n) is 17.0. The number of carbonyl (C=O) groups is 1. The minimum atomic E-state index is -0.0454. The summed E-state index contributed by atoms with van der Waals surface area (Å²) in [6.07, 6.45) is 7.40. The quantitative estimate of drug-likeness (QED) is 0.788. The Balaban J connectivity index is 1.23. The molecular weight excluding hydrogens is 354 g/mol. The summed E-state index contributed by atoms with van der Waals surface area (Å²) < 4.78 is 10.9. The smallest absolute Gasteiger partial charge is 0.237 e. The van der Waals surface area contributed by atoms with Gasteiger partial charge >= 0.3 is 0 Å². The predicted octanol–water partition coefficient (Wildman–Crippen LogP) is 2.76. The zero-order chi connectivity index (χ0) is 19.3. The third kappa shape index (κ3) is 4.78. The van der Waals surface area contributed by atoms with Crippen LogP contribution in [-0.2, 0) is 11.3 Å². The van der Waals surface area contributed by atoms with Gasteiger partial charge in [-0.3, -0.25) is 14.6 Å². The minimum Gasteiger partial charge on any atom is -0.454 e. The molecule has 28 heavy (non-hydrogen) atoms. The van der Waals surface area contributed by atoms with E-state index < -0.39 is 0 Å². The van der Waals surface area contributed by atoms with Crippen LogP contribution in [0.5, 0.6) is 11.5 Å². The Morgan fingerprint density at radius 1 is 1.07 bits per heavy atom. The highest BCUT2D eigenvalue weighted by Crippen LogP contribution is 2.32. The van der Waals surface area contributed by atoms with Crippen LogP contribution in [0.2, 0.25) is 0 Å². The number of amides is 1. The Bertz CT molecular complexity index is 665. The van der Waals surface area contributed by atoms with E-state index in [1.807, 2.05) is 6.07 Å². The molecule has 1 aromatic rings. The van der Waals surface area contributed by atoms with Gasteiger partial charge in [-0.25, -0.2) is 0 Å². The molecule has 154 valence electrons. The molecule has 0 aromatic heterocycles. The van der Waals surface area contributed by atoms with Crippen molar-refractivity contribution in [1.29, 1.82) is 0 Å². The van der Waals surface area contributed by atoms with Crippen molar-refractivity contribution in [3.05, 3.63) is 23.8 Å². The van der Waals surface area contributed by atoms with Gasteiger partial charge in [0.05, 0.1) is 6.04 Å². The fourth-order valence-corrected chi connectivity index (χ4v) is 4.52. The van der Waals surface area contributed by atoms with Crippen LogP contribution in [0.15, 0.2) is 18.2 Å². The summed E-state index contributed by atoms with van der Waals surface area (Å²) in [6.45, 7) is 7.11. The topological polar surface area (TPSA) is 54.0 Å². The largest absolute Gasteiger partial charge is 0.454 e. The normalized spacial score (nSPS) is 22.6. The summed E-state index contributed by atoms with van der Waals surface area (Å²) >= 11 is 0. The first-order chi connectivity index (χ1) is 13.7. The third-order valence-electron chi connectivity index (χ3n) is 6.38. The molecule has 0 spiro atoms. The molecule has 1 aliphatic carbocycles. The van der Waals surface area contributed by atoms with Gasteiger partial charge in [-0.15, -0.1) is 0 Å². The van der Waals surface area contributed by atoms with Crippen LogP contribution >= 0.6 is 0 Å². The van der Waals surface area contributed by atoms with Crippen molar-refractivity contribution in [1.82, 2.24) is 15.1 Å². The van der Waals surface area contributed by atoms with Gasteiger partial charge in [-0.2, -0.15) is 0 Å². The molecule has 1 aromatic carbocycles.